The Balaban J connectivity index is 2.31. The summed E-state index contributed by atoms with van der Waals surface area (Å²) < 4.78 is 40.5. The fourth-order valence-corrected chi connectivity index (χ4v) is 2.27. The minimum Gasteiger partial charge on any atom is -0.297 e. The minimum absolute atomic E-state index is 0.173. The van der Waals surface area contributed by atoms with Crippen molar-refractivity contribution >= 4 is 11.5 Å². The van der Waals surface area contributed by atoms with E-state index in [0.29, 0.717) is 0 Å². The van der Waals surface area contributed by atoms with E-state index in [1.165, 1.54) is 10.7 Å². The number of nitrogens with zero attached hydrogens (tertiary/aromatic N) is 3. The fourth-order valence-electron chi connectivity index (χ4n) is 2.27. The van der Waals surface area contributed by atoms with Crippen molar-refractivity contribution in [3.05, 3.63) is 58.7 Å². The number of Topliss-reactive ketones (excluding diaryl/α,β-unsaturated/α-hetero) is 1. The van der Waals surface area contributed by atoms with Crippen molar-refractivity contribution in [2.45, 2.75) is 38.9 Å². The van der Waals surface area contributed by atoms with Gasteiger partial charge in [0, 0.05) is 12.6 Å². The summed E-state index contributed by atoms with van der Waals surface area (Å²) in [5, 5.41) is 4.11. The standard InChI is InChI=1S/C17H16F3N3O/c1-11-9-22-23(10-11)16(2,3)15(24)8-12-5-6-14(21-4)13(7-12)17(18,19)20/h5-7,9-10H,8H2,1-3H3. The molecular formula is C17H16F3N3O. The lowest BCUT2D eigenvalue weighted by molar-refractivity contribution is -0.137. The molecule has 1 aromatic heterocycles. The zero-order valence-corrected chi connectivity index (χ0v) is 13.5. The minimum atomic E-state index is -4.63. The van der Waals surface area contributed by atoms with Crippen molar-refractivity contribution in [1.82, 2.24) is 9.78 Å². The fraction of sp³-hybridized carbons (Fsp3) is 0.353. The average molecular weight is 335 g/mol. The van der Waals surface area contributed by atoms with E-state index < -0.39 is 23.0 Å². The predicted molar refractivity (Wildman–Crippen MR) is 82.7 cm³/mol. The topological polar surface area (TPSA) is 39.2 Å². The monoisotopic (exact) mass is 335 g/mol. The highest BCUT2D eigenvalue weighted by Gasteiger charge is 2.35. The Labute approximate surface area is 137 Å². The van der Waals surface area contributed by atoms with Crippen molar-refractivity contribution in [3.63, 3.8) is 0 Å². The number of carbonyl (C=O) groups is 1. The molecule has 0 radical (unpaired) electrons. The summed E-state index contributed by atoms with van der Waals surface area (Å²) in [5.74, 6) is -0.269. The van der Waals surface area contributed by atoms with Crippen molar-refractivity contribution in [3.8, 4) is 0 Å². The van der Waals surface area contributed by atoms with Gasteiger partial charge < -0.3 is 0 Å². The lowest BCUT2D eigenvalue weighted by atomic mass is 9.93. The number of benzene rings is 1. The molecule has 0 aliphatic carbocycles. The van der Waals surface area contributed by atoms with Gasteiger partial charge in [-0.2, -0.15) is 18.3 Å². The zero-order chi connectivity index (χ0) is 18.1. The molecule has 1 aromatic carbocycles. The van der Waals surface area contributed by atoms with E-state index in [0.717, 1.165) is 17.7 Å². The van der Waals surface area contributed by atoms with Crippen LogP contribution in [0, 0.1) is 13.5 Å². The Bertz CT molecular complexity index is 813. The molecule has 4 nitrogen and oxygen atoms in total. The van der Waals surface area contributed by atoms with Gasteiger partial charge in [-0.25, -0.2) is 4.85 Å². The second-order valence-electron chi connectivity index (χ2n) is 6.08. The molecular weight excluding hydrogens is 319 g/mol. The summed E-state index contributed by atoms with van der Waals surface area (Å²) >= 11 is 0. The Morgan fingerprint density at radius 2 is 2.00 bits per heavy atom. The second-order valence-corrected chi connectivity index (χ2v) is 6.08. The van der Waals surface area contributed by atoms with E-state index in [1.807, 2.05) is 6.92 Å². The van der Waals surface area contributed by atoms with Crippen LogP contribution < -0.4 is 0 Å². The maximum absolute atomic E-state index is 13.0. The van der Waals surface area contributed by atoms with Crippen LogP contribution in [-0.2, 0) is 22.9 Å². The molecule has 0 amide bonds. The third-order valence-electron chi connectivity index (χ3n) is 3.82. The zero-order valence-electron chi connectivity index (χ0n) is 13.5. The number of ketones is 1. The van der Waals surface area contributed by atoms with Crippen LogP contribution in [0.5, 0.6) is 0 Å². The summed E-state index contributed by atoms with van der Waals surface area (Å²) in [7, 11) is 0. The Morgan fingerprint density at radius 1 is 1.33 bits per heavy atom. The lowest BCUT2D eigenvalue weighted by Crippen LogP contribution is -2.37. The maximum atomic E-state index is 13.0. The molecule has 0 saturated heterocycles. The highest BCUT2D eigenvalue weighted by atomic mass is 19.4. The molecule has 0 fully saturated rings. The van der Waals surface area contributed by atoms with E-state index in [1.54, 1.807) is 26.2 Å². The van der Waals surface area contributed by atoms with Gasteiger partial charge in [0.2, 0.25) is 0 Å². The number of rotatable bonds is 4. The molecule has 0 spiro atoms. The number of aromatic nitrogens is 2. The van der Waals surface area contributed by atoms with Gasteiger partial charge in [0.15, 0.2) is 11.5 Å². The Hall–Kier alpha value is -2.62. The first-order valence-electron chi connectivity index (χ1n) is 7.18. The Morgan fingerprint density at radius 3 is 2.50 bits per heavy atom. The highest BCUT2D eigenvalue weighted by molar-refractivity contribution is 5.87. The van der Waals surface area contributed by atoms with Gasteiger partial charge >= 0.3 is 6.18 Å². The van der Waals surface area contributed by atoms with Gasteiger partial charge in [-0.3, -0.25) is 9.48 Å². The maximum Gasteiger partial charge on any atom is 0.407 e. The quantitative estimate of drug-likeness (QED) is 0.781. The average Bonchev–Trinajstić information content (AvgIpc) is 2.93. The summed E-state index contributed by atoms with van der Waals surface area (Å²) in [5.41, 5.74) is -1.37. The molecule has 7 heteroatoms. The first-order chi connectivity index (χ1) is 11.1. The van der Waals surface area contributed by atoms with Gasteiger partial charge in [-0.15, -0.1) is 0 Å². The van der Waals surface area contributed by atoms with Crippen LogP contribution in [0.2, 0.25) is 0 Å². The number of halogens is 3. The number of alkyl halides is 3. The van der Waals surface area contributed by atoms with Gasteiger partial charge in [0.05, 0.1) is 18.3 Å². The smallest absolute Gasteiger partial charge is 0.297 e. The summed E-state index contributed by atoms with van der Waals surface area (Å²) in [4.78, 5) is 15.4. The van der Waals surface area contributed by atoms with Crippen molar-refractivity contribution in [2.75, 3.05) is 0 Å². The van der Waals surface area contributed by atoms with E-state index >= 15 is 0 Å². The molecule has 2 rings (SSSR count). The summed E-state index contributed by atoms with van der Waals surface area (Å²) in [6.45, 7) is 12.0. The number of hydrogen-bond donors (Lipinski definition) is 0. The molecule has 0 atom stereocenters. The predicted octanol–water partition coefficient (Wildman–Crippen LogP) is 4.31. The summed E-state index contributed by atoms with van der Waals surface area (Å²) in [6.07, 6.45) is -1.48. The third-order valence-corrected chi connectivity index (χ3v) is 3.82. The lowest BCUT2D eigenvalue weighted by Gasteiger charge is -2.24. The number of carbonyl (C=O) groups excluding carboxylic acids is 1. The first kappa shape index (κ1) is 17.7. The molecule has 0 saturated carbocycles. The van der Waals surface area contributed by atoms with Crippen LogP contribution in [0.4, 0.5) is 18.9 Å². The van der Waals surface area contributed by atoms with Crippen LogP contribution in [0.1, 0.15) is 30.5 Å². The number of hydrogen-bond acceptors (Lipinski definition) is 2. The van der Waals surface area contributed by atoms with E-state index in [2.05, 4.69) is 9.94 Å². The molecule has 0 aliphatic rings. The first-order valence-corrected chi connectivity index (χ1v) is 7.18. The van der Waals surface area contributed by atoms with Crippen molar-refractivity contribution in [2.24, 2.45) is 0 Å². The molecule has 0 bridgehead atoms. The van der Waals surface area contributed by atoms with Crippen molar-refractivity contribution in [1.29, 1.82) is 0 Å². The highest BCUT2D eigenvalue weighted by Crippen LogP contribution is 2.37. The van der Waals surface area contributed by atoms with Crippen LogP contribution >= 0.6 is 0 Å². The SMILES string of the molecule is [C-]#[N+]c1ccc(CC(=O)C(C)(C)n2cc(C)cn2)cc1C(F)(F)F. The molecule has 2 aromatic rings. The molecule has 1 heterocycles. The van der Waals surface area contributed by atoms with Crippen LogP contribution in [-0.4, -0.2) is 15.6 Å². The molecule has 0 aliphatic heterocycles. The van der Waals surface area contributed by atoms with E-state index in [4.69, 9.17) is 6.57 Å². The molecule has 24 heavy (non-hydrogen) atoms. The van der Waals surface area contributed by atoms with Gasteiger partial charge in [0.25, 0.3) is 0 Å². The summed E-state index contributed by atoms with van der Waals surface area (Å²) in [6, 6.07) is 3.35. The third kappa shape index (κ3) is 3.48. The molecule has 126 valence electrons. The molecule has 0 unspecified atom stereocenters. The molecule has 0 N–H and O–H groups in total. The van der Waals surface area contributed by atoms with Gasteiger partial charge in [0.1, 0.15) is 5.54 Å². The van der Waals surface area contributed by atoms with Gasteiger partial charge in [-0.05, 0) is 31.9 Å². The Kier molecular flexibility index (Phi) is 4.52. The van der Waals surface area contributed by atoms with Crippen molar-refractivity contribution < 1.29 is 18.0 Å². The largest absolute Gasteiger partial charge is 0.407 e. The normalized spacial score (nSPS) is 12.0. The van der Waals surface area contributed by atoms with Crippen LogP contribution in [0.25, 0.3) is 4.85 Å². The second kappa shape index (κ2) is 6.11. The van der Waals surface area contributed by atoms with Crippen LogP contribution in [0.3, 0.4) is 0 Å². The van der Waals surface area contributed by atoms with E-state index in [-0.39, 0.29) is 17.8 Å². The van der Waals surface area contributed by atoms with E-state index in [9.17, 15) is 18.0 Å². The van der Waals surface area contributed by atoms with Gasteiger partial charge in [-0.1, -0.05) is 18.2 Å². The number of aryl methyl sites for hydroxylation is 1. The van der Waals surface area contributed by atoms with Crippen LogP contribution in [0.15, 0.2) is 30.6 Å².